The summed E-state index contributed by atoms with van der Waals surface area (Å²) in [5.74, 6) is -0.528. The Morgan fingerprint density at radius 2 is 2.00 bits per heavy atom. The number of pyridine rings is 1. The molecule has 25 heavy (non-hydrogen) atoms. The summed E-state index contributed by atoms with van der Waals surface area (Å²) in [5, 5.41) is 4.56. The van der Waals surface area contributed by atoms with Crippen LogP contribution < -0.4 is 0 Å². The molecule has 7 heteroatoms. The molecule has 0 aliphatic carbocycles. The molecular formula is C18H23FN4O2. The Bertz CT molecular complexity index is 823. The van der Waals surface area contributed by atoms with Gasteiger partial charge in [-0.3, -0.25) is 4.68 Å². The Kier molecular flexibility index (Phi) is 4.26. The first-order valence-electron chi connectivity index (χ1n) is 8.32. The van der Waals surface area contributed by atoms with E-state index in [1.807, 2.05) is 39.3 Å². The summed E-state index contributed by atoms with van der Waals surface area (Å²) in [4.78, 5) is 17.8. The number of hydrogen-bond acceptors (Lipinski definition) is 4. The van der Waals surface area contributed by atoms with E-state index in [0.29, 0.717) is 19.6 Å². The molecule has 3 rings (SSSR count). The van der Waals surface area contributed by atoms with Crippen molar-refractivity contribution in [1.82, 2.24) is 19.7 Å². The van der Waals surface area contributed by atoms with Crippen LogP contribution in [0.2, 0.25) is 0 Å². The minimum Gasteiger partial charge on any atom is -0.444 e. The Morgan fingerprint density at radius 1 is 1.28 bits per heavy atom. The lowest BCUT2D eigenvalue weighted by Crippen LogP contribution is -2.41. The molecule has 0 N–H and O–H groups in total. The van der Waals surface area contributed by atoms with Gasteiger partial charge in [0.05, 0.1) is 24.5 Å². The quantitative estimate of drug-likeness (QED) is 0.742. The van der Waals surface area contributed by atoms with Crippen LogP contribution in [0.15, 0.2) is 12.3 Å². The van der Waals surface area contributed by atoms with Crippen LogP contribution in [0.3, 0.4) is 0 Å². The second kappa shape index (κ2) is 6.13. The van der Waals surface area contributed by atoms with Crippen molar-refractivity contribution in [1.29, 1.82) is 0 Å². The maximum Gasteiger partial charge on any atom is 0.410 e. The van der Waals surface area contributed by atoms with Crippen molar-refractivity contribution in [2.75, 3.05) is 6.54 Å². The fourth-order valence-corrected chi connectivity index (χ4v) is 3.05. The Balaban J connectivity index is 1.97. The zero-order valence-electron chi connectivity index (χ0n) is 15.3. The van der Waals surface area contributed by atoms with E-state index >= 15 is 0 Å². The minimum absolute atomic E-state index is 0.346. The van der Waals surface area contributed by atoms with Gasteiger partial charge in [-0.25, -0.2) is 9.78 Å². The SMILES string of the molecule is Cc1cnc(F)cc1-c1c(C)nn2c1CN(C(=O)OC(C)(C)C)CC2. The molecule has 2 aromatic heterocycles. The molecular weight excluding hydrogens is 323 g/mol. The molecule has 0 atom stereocenters. The Hall–Kier alpha value is -2.44. The van der Waals surface area contributed by atoms with Crippen LogP contribution in [0.1, 0.15) is 37.7 Å². The fourth-order valence-electron chi connectivity index (χ4n) is 3.05. The van der Waals surface area contributed by atoms with Crippen molar-refractivity contribution in [2.45, 2.75) is 53.3 Å². The van der Waals surface area contributed by atoms with Crippen molar-refractivity contribution in [3.63, 3.8) is 0 Å². The first-order valence-corrected chi connectivity index (χ1v) is 8.32. The first-order chi connectivity index (χ1) is 11.7. The summed E-state index contributed by atoms with van der Waals surface area (Å²) in [6, 6.07) is 1.42. The van der Waals surface area contributed by atoms with E-state index in [9.17, 15) is 9.18 Å². The molecule has 0 fully saturated rings. The van der Waals surface area contributed by atoms with Gasteiger partial charge in [0.25, 0.3) is 0 Å². The van der Waals surface area contributed by atoms with Gasteiger partial charge < -0.3 is 9.64 Å². The third kappa shape index (κ3) is 3.50. The molecule has 1 aliphatic heterocycles. The largest absolute Gasteiger partial charge is 0.444 e. The highest BCUT2D eigenvalue weighted by Crippen LogP contribution is 2.32. The lowest BCUT2D eigenvalue weighted by Gasteiger charge is -2.31. The lowest BCUT2D eigenvalue weighted by atomic mass is 9.99. The zero-order valence-corrected chi connectivity index (χ0v) is 15.3. The van der Waals surface area contributed by atoms with Gasteiger partial charge in [0, 0.05) is 24.4 Å². The third-order valence-electron chi connectivity index (χ3n) is 4.15. The molecule has 0 radical (unpaired) electrons. The van der Waals surface area contributed by atoms with Gasteiger partial charge >= 0.3 is 6.09 Å². The molecule has 0 saturated heterocycles. The van der Waals surface area contributed by atoms with E-state index in [-0.39, 0.29) is 6.09 Å². The highest BCUT2D eigenvalue weighted by molar-refractivity contribution is 5.73. The molecule has 6 nitrogen and oxygen atoms in total. The maximum absolute atomic E-state index is 13.7. The molecule has 134 valence electrons. The van der Waals surface area contributed by atoms with E-state index in [0.717, 1.165) is 28.1 Å². The fraction of sp³-hybridized carbons (Fsp3) is 0.500. The Labute approximate surface area is 146 Å². The number of amides is 1. The van der Waals surface area contributed by atoms with Crippen molar-refractivity contribution < 1.29 is 13.9 Å². The minimum atomic E-state index is -0.543. The standard InChI is InChI=1S/C18H23FN4O2/c1-11-9-20-15(19)8-13(11)16-12(2)21-23-7-6-22(10-14(16)23)17(24)25-18(3,4)5/h8-9H,6-7,10H2,1-5H3. The monoisotopic (exact) mass is 346 g/mol. The van der Waals surface area contributed by atoms with Crippen LogP contribution in [0.5, 0.6) is 0 Å². The van der Waals surface area contributed by atoms with Gasteiger partial charge in [-0.2, -0.15) is 9.49 Å². The average molecular weight is 346 g/mol. The lowest BCUT2D eigenvalue weighted by molar-refractivity contribution is 0.0195. The van der Waals surface area contributed by atoms with Crippen LogP contribution in [0.25, 0.3) is 11.1 Å². The zero-order chi connectivity index (χ0) is 18.4. The van der Waals surface area contributed by atoms with Crippen molar-refractivity contribution >= 4 is 6.09 Å². The summed E-state index contributed by atoms with van der Waals surface area (Å²) in [7, 11) is 0. The Morgan fingerprint density at radius 3 is 2.68 bits per heavy atom. The van der Waals surface area contributed by atoms with Crippen molar-refractivity contribution in [3.05, 3.63) is 35.2 Å². The number of aryl methyl sites for hydroxylation is 2. The predicted molar refractivity (Wildman–Crippen MR) is 91.5 cm³/mol. The van der Waals surface area contributed by atoms with Crippen LogP contribution in [-0.2, 0) is 17.8 Å². The number of carbonyl (C=O) groups excluding carboxylic acids is 1. The van der Waals surface area contributed by atoms with Gasteiger partial charge in [-0.15, -0.1) is 0 Å². The van der Waals surface area contributed by atoms with E-state index in [1.54, 1.807) is 4.90 Å². The molecule has 0 spiro atoms. The highest BCUT2D eigenvalue weighted by Gasteiger charge is 2.29. The predicted octanol–water partition coefficient (Wildman–Crippen LogP) is 3.45. The van der Waals surface area contributed by atoms with Gasteiger partial charge in [0.2, 0.25) is 5.95 Å². The molecule has 3 heterocycles. The number of carbonyl (C=O) groups is 1. The van der Waals surface area contributed by atoms with Gasteiger partial charge in [-0.05, 0) is 45.7 Å². The molecule has 2 aromatic rings. The van der Waals surface area contributed by atoms with Crippen LogP contribution in [0, 0.1) is 19.8 Å². The average Bonchev–Trinajstić information content (AvgIpc) is 2.83. The topological polar surface area (TPSA) is 60.2 Å². The molecule has 0 bridgehead atoms. The third-order valence-corrected chi connectivity index (χ3v) is 4.15. The normalized spacial score (nSPS) is 14.4. The molecule has 0 aromatic carbocycles. The van der Waals surface area contributed by atoms with Crippen LogP contribution >= 0.6 is 0 Å². The van der Waals surface area contributed by atoms with E-state index < -0.39 is 11.5 Å². The van der Waals surface area contributed by atoms with E-state index in [4.69, 9.17) is 4.74 Å². The second-order valence-corrected chi connectivity index (χ2v) is 7.35. The summed E-state index contributed by atoms with van der Waals surface area (Å²) in [6.45, 7) is 10.8. The van der Waals surface area contributed by atoms with E-state index in [2.05, 4.69) is 10.1 Å². The smallest absolute Gasteiger partial charge is 0.410 e. The number of halogens is 1. The number of rotatable bonds is 1. The van der Waals surface area contributed by atoms with Gasteiger partial charge in [0.15, 0.2) is 0 Å². The first kappa shape index (κ1) is 17.4. The summed E-state index contributed by atoms with van der Waals surface area (Å²) >= 11 is 0. The molecule has 1 amide bonds. The van der Waals surface area contributed by atoms with Crippen LogP contribution in [-0.4, -0.2) is 37.9 Å². The number of ether oxygens (including phenoxy) is 1. The van der Waals surface area contributed by atoms with E-state index in [1.165, 1.54) is 12.3 Å². The van der Waals surface area contributed by atoms with Gasteiger partial charge in [-0.1, -0.05) is 0 Å². The van der Waals surface area contributed by atoms with Crippen molar-refractivity contribution in [3.8, 4) is 11.1 Å². The number of aromatic nitrogens is 3. The van der Waals surface area contributed by atoms with Gasteiger partial charge in [0.1, 0.15) is 5.60 Å². The summed E-state index contributed by atoms with van der Waals surface area (Å²) in [6.07, 6.45) is 1.17. The summed E-state index contributed by atoms with van der Waals surface area (Å²) in [5.41, 5.74) is 3.66. The number of hydrogen-bond donors (Lipinski definition) is 0. The van der Waals surface area contributed by atoms with Crippen LogP contribution in [0.4, 0.5) is 9.18 Å². The second-order valence-electron chi connectivity index (χ2n) is 7.35. The summed E-state index contributed by atoms with van der Waals surface area (Å²) < 4.78 is 21.0. The molecule has 0 saturated carbocycles. The molecule has 1 aliphatic rings. The number of fused-ring (bicyclic) bond motifs is 1. The molecule has 0 unspecified atom stereocenters. The highest BCUT2D eigenvalue weighted by atomic mass is 19.1. The number of nitrogens with zero attached hydrogens (tertiary/aromatic N) is 4. The van der Waals surface area contributed by atoms with Crippen molar-refractivity contribution in [2.24, 2.45) is 0 Å². The maximum atomic E-state index is 13.7.